The van der Waals surface area contributed by atoms with Crippen molar-refractivity contribution in [1.29, 1.82) is 0 Å². The van der Waals surface area contributed by atoms with E-state index in [-0.39, 0.29) is 6.54 Å². The number of amides is 1. The number of nitrogens with two attached hydrogens (primary N) is 1. The first-order chi connectivity index (χ1) is 6.49. The first kappa shape index (κ1) is 12.9. The van der Waals surface area contributed by atoms with Crippen LogP contribution in [0.4, 0.5) is 0 Å². The van der Waals surface area contributed by atoms with Crippen molar-refractivity contribution in [1.82, 2.24) is 4.90 Å². The molecule has 0 aromatic rings. The lowest BCUT2D eigenvalue weighted by Gasteiger charge is -2.24. The van der Waals surface area contributed by atoms with Crippen LogP contribution in [0.1, 0.15) is 26.7 Å². The number of unbranched alkanes of at least 4 members (excludes halogenated alkanes) is 1. The van der Waals surface area contributed by atoms with Crippen LogP contribution in [0.25, 0.3) is 0 Å². The molecule has 5 nitrogen and oxygen atoms in total. The Kier molecular flexibility index (Phi) is 5.87. The van der Waals surface area contributed by atoms with E-state index in [1.807, 2.05) is 6.92 Å². The summed E-state index contributed by atoms with van der Waals surface area (Å²) >= 11 is 0. The fourth-order valence-electron chi connectivity index (χ4n) is 1.13. The molecule has 0 bridgehead atoms. The monoisotopic (exact) mass is 202 g/mol. The molecule has 0 radical (unpaired) electrons. The molecule has 0 rings (SSSR count). The number of hydrogen-bond acceptors (Lipinski definition) is 3. The third kappa shape index (κ3) is 4.81. The predicted molar refractivity (Wildman–Crippen MR) is 52.8 cm³/mol. The van der Waals surface area contributed by atoms with Gasteiger partial charge in [0.15, 0.2) is 0 Å². The molecule has 0 heterocycles. The first-order valence-electron chi connectivity index (χ1n) is 4.74. The fraction of sp³-hybridized carbons (Fsp3) is 0.778. The van der Waals surface area contributed by atoms with Gasteiger partial charge in [0.2, 0.25) is 5.91 Å². The highest BCUT2D eigenvalue weighted by Crippen LogP contribution is 2.01. The molecule has 0 saturated heterocycles. The minimum absolute atomic E-state index is 0.00741. The highest BCUT2D eigenvalue weighted by Gasteiger charge is 2.21. The van der Waals surface area contributed by atoms with Crippen molar-refractivity contribution >= 4 is 11.9 Å². The Bertz CT molecular complexity index is 206. The van der Waals surface area contributed by atoms with Crippen LogP contribution in [0.5, 0.6) is 0 Å². The van der Waals surface area contributed by atoms with Gasteiger partial charge in [-0.25, -0.2) is 0 Å². The minimum atomic E-state index is -0.928. The second-order valence-corrected chi connectivity index (χ2v) is 3.30. The Morgan fingerprint density at radius 1 is 1.50 bits per heavy atom. The average Bonchev–Trinajstić information content (AvgIpc) is 2.10. The summed E-state index contributed by atoms with van der Waals surface area (Å²) in [5, 5.41) is 8.77. The van der Waals surface area contributed by atoms with Crippen LogP contribution < -0.4 is 5.73 Å². The van der Waals surface area contributed by atoms with E-state index in [0.717, 1.165) is 12.8 Å². The molecule has 1 unspecified atom stereocenters. The molecule has 14 heavy (non-hydrogen) atoms. The SMILES string of the molecule is CCCCN(CC(N)=O)C(C)C(=O)O. The van der Waals surface area contributed by atoms with Crippen molar-refractivity contribution in [3.63, 3.8) is 0 Å². The van der Waals surface area contributed by atoms with E-state index in [1.165, 1.54) is 0 Å². The van der Waals surface area contributed by atoms with Crippen LogP contribution in [0.3, 0.4) is 0 Å². The van der Waals surface area contributed by atoms with Crippen molar-refractivity contribution in [2.45, 2.75) is 32.7 Å². The number of aliphatic carboxylic acids is 1. The number of hydrogen-bond donors (Lipinski definition) is 2. The molecule has 0 aliphatic heterocycles. The molecule has 1 amide bonds. The summed E-state index contributed by atoms with van der Waals surface area (Å²) in [6.45, 7) is 4.16. The van der Waals surface area contributed by atoms with E-state index < -0.39 is 17.9 Å². The zero-order valence-electron chi connectivity index (χ0n) is 8.69. The zero-order chi connectivity index (χ0) is 11.1. The Balaban J connectivity index is 4.22. The summed E-state index contributed by atoms with van der Waals surface area (Å²) in [6.07, 6.45) is 1.83. The van der Waals surface area contributed by atoms with Gasteiger partial charge in [-0.15, -0.1) is 0 Å². The number of carboxylic acids is 1. The van der Waals surface area contributed by atoms with Gasteiger partial charge in [-0.1, -0.05) is 13.3 Å². The lowest BCUT2D eigenvalue weighted by Crippen LogP contribution is -2.44. The zero-order valence-corrected chi connectivity index (χ0v) is 8.69. The molecule has 0 aromatic heterocycles. The molecule has 3 N–H and O–H groups in total. The molecule has 0 fully saturated rings. The Hall–Kier alpha value is -1.10. The van der Waals surface area contributed by atoms with Crippen LogP contribution in [-0.4, -0.2) is 41.0 Å². The van der Waals surface area contributed by atoms with E-state index in [4.69, 9.17) is 10.8 Å². The average molecular weight is 202 g/mol. The van der Waals surface area contributed by atoms with Crippen LogP contribution in [0.15, 0.2) is 0 Å². The Morgan fingerprint density at radius 2 is 2.07 bits per heavy atom. The minimum Gasteiger partial charge on any atom is -0.480 e. The van der Waals surface area contributed by atoms with E-state index in [0.29, 0.717) is 6.54 Å². The van der Waals surface area contributed by atoms with Crippen LogP contribution in [0.2, 0.25) is 0 Å². The molecule has 0 saturated carbocycles. The molecular weight excluding hydrogens is 184 g/mol. The van der Waals surface area contributed by atoms with Crippen molar-refractivity contribution in [3.8, 4) is 0 Å². The van der Waals surface area contributed by atoms with E-state index in [9.17, 15) is 9.59 Å². The first-order valence-corrected chi connectivity index (χ1v) is 4.74. The van der Waals surface area contributed by atoms with Gasteiger partial charge < -0.3 is 10.8 Å². The summed E-state index contributed by atoms with van der Waals surface area (Å²) in [5.74, 6) is -1.42. The van der Waals surface area contributed by atoms with Gasteiger partial charge >= 0.3 is 5.97 Å². The topological polar surface area (TPSA) is 83.6 Å². The van der Waals surface area contributed by atoms with Gasteiger partial charge in [-0.05, 0) is 19.9 Å². The quantitative estimate of drug-likeness (QED) is 0.611. The summed E-state index contributed by atoms with van der Waals surface area (Å²) in [7, 11) is 0. The highest BCUT2D eigenvalue weighted by atomic mass is 16.4. The maximum atomic E-state index is 10.7. The maximum Gasteiger partial charge on any atom is 0.320 e. The highest BCUT2D eigenvalue weighted by molar-refractivity contribution is 5.78. The van der Waals surface area contributed by atoms with E-state index >= 15 is 0 Å². The van der Waals surface area contributed by atoms with Crippen molar-refractivity contribution in [2.75, 3.05) is 13.1 Å². The standard InChI is InChI=1S/C9H18N2O3/c1-3-4-5-11(6-8(10)12)7(2)9(13)14/h7H,3-6H2,1-2H3,(H2,10,12)(H,13,14). The van der Waals surface area contributed by atoms with Gasteiger partial charge in [0, 0.05) is 0 Å². The number of nitrogens with zero attached hydrogens (tertiary/aromatic N) is 1. The maximum absolute atomic E-state index is 10.7. The summed E-state index contributed by atoms with van der Waals surface area (Å²) in [4.78, 5) is 23.0. The van der Waals surface area contributed by atoms with Gasteiger partial charge in [-0.3, -0.25) is 14.5 Å². The normalized spacial score (nSPS) is 12.8. The predicted octanol–water partition coefficient (Wildman–Crippen LogP) is 0.0469. The van der Waals surface area contributed by atoms with E-state index in [2.05, 4.69) is 0 Å². The molecule has 0 aliphatic carbocycles. The van der Waals surface area contributed by atoms with Crippen molar-refractivity contribution < 1.29 is 14.7 Å². The molecule has 0 aromatic carbocycles. The number of carboxylic acid groups (broad SMARTS) is 1. The van der Waals surface area contributed by atoms with Crippen LogP contribution >= 0.6 is 0 Å². The largest absolute Gasteiger partial charge is 0.480 e. The lowest BCUT2D eigenvalue weighted by molar-refractivity contribution is -0.143. The Labute approximate surface area is 83.9 Å². The number of carbonyl (C=O) groups is 2. The van der Waals surface area contributed by atoms with Crippen LogP contribution in [0, 0.1) is 0 Å². The number of carbonyl (C=O) groups excluding carboxylic acids is 1. The molecular formula is C9H18N2O3. The lowest BCUT2D eigenvalue weighted by atomic mass is 10.2. The van der Waals surface area contributed by atoms with Crippen molar-refractivity contribution in [2.24, 2.45) is 5.73 Å². The van der Waals surface area contributed by atoms with Gasteiger partial charge in [0.25, 0.3) is 0 Å². The molecule has 82 valence electrons. The summed E-state index contributed by atoms with van der Waals surface area (Å²) < 4.78 is 0. The third-order valence-electron chi connectivity index (χ3n) is 2.06. The second-order valence-electron chi connectivity index (χ2n) is 3.30. The Morgan fingerprint density at radius 3 is 2.43 bits per heavy atom. The van der Waals surface area contributed by atoms with Gasteiger partial charge in [0.1, 0.15) is 6.04 Å². The smallest absolute Gasteiger partial charge is 0.320 e. The van der Waals surface area contributed by atoms with Gasteiger partial charge in [0.05, 0.1) is 6.54 Å². The van der Waals surface area contributed by atoms with Crippen LogP contribution in [-0.2, 0) is 9.59 Å². The number of rotatable bonds is 7. The molecule has 0 spiro atoms. The van der Waals surface area contributed by atoms with Crippen molar-refractivity contribution in [3.05, 3.63) is 0 Å². The molecule has 1 atom stereocenters. The second kappa shape index (κ2) is 6.37. The fourth-order valence-corrected chi connectivity index (χ4v) is 1.13. The number of primary amides is 1. The molecule has 5 heteroatoms. The van der Waals surface area contributed by atoms with Gasteiger partial charge in [-0.2, -0.15) is 0 Å². The summed E-state index contributed by atoms with van der Waals surface area (Å²) in [6, 6.07) is -0.658. The third-order valence-corrected chi connectivity index (χ3v) is 2.06. The summed E-state index contributed by atoms with van der Waals surface area (Å²) in [5.41, 5.74) is 5.03. The van der Waals surface area contributed by atoms with E-state index in [1.54, 1.807) is 11.8 Å². The molecule has 0 aliphatic rings.